The third-order valence-corrected chi connectivity index (χ3v) is 5.06. The van der Waals surface area contributed by atoms with Crippen LogP contribution in [0.2, 0.25) is 5.02 Å². The molecule has 0 bridgehead atoms. The van der Waals surface area contributed by atoms with E-state index in [1.165, 1.54) is 10.5 Å². The Kier molecular flexibility index (Phi) is 7.11. The first-order chi connectivity index (χ1) is 10.2. The summed E-state index contributed by atoms with van der Waals surface area (Å²) in [4.78, 5) is 1.26. The van der Waals surface area contributed by atoms with E-state index in [0.717, 1.165) is 28.2 Å². The summed E-state index contributed by atoms with van der Waals surface area (Å²) in [5.41, 5.74) is 1.18. The second-order valence-corrected chi connectivity index (χ2v) is 7.21. The summed E-state index contributed by atoms with van der Waals surface area (Å²) in [5.74, 6) is 0.959. The Morgan fingerprint density at radius 2 is 2.00 bits per heavy atom. The zero-order chi connectivity index (χ0) is 15.1. The molecule has 2 aromatic rings. The highest BCUT2D eigenvalue weighted by Gasteiger charge is 2.14. The zero-order valence-electron chi connectivity index (χ0n) is 12.0. The van der Waals surface area contributed by atoms with Gasteiger partial charge in [-0.05, 0) is 42.8 Å². The molecule has 0 amide bonds. The summed E-state index contributed by atoms with van der Waals surface area (Å²) in [6.45, 7) is 3.17. The molecule has 0 radical (unpaired) electrons. The van der Waals surface area contributed by atoms with Crippen LogP contribution in [-0.2, 0) is 0 Å². The fourth-order valence-electron chi connectivity index (χ4n) is 2.07. The molecule has 0 saturated heterocycles. The van der Waals surface area contributed by atoms with Gasteiger partial charge in [0.1, 0.15) is 0 Å². The molecule has 0 aromatic heterocycles. The minimum atomic E-state index is 0.266. The maximum Gasteiger partial charge on any atom is 0.0454 e. The normalized spacial score (nSPS) is 12.3. The third-order valence-electron chi connectivity index (χ3n) is 3.13. The van der Waals surface area contributed by atoms with Crippen molar-refractivity contribution in [1.29, 1.82) is 0 Å². The minimum absolute atomic E-state index is 0.266. The number of nitrogens with one attached hydrogen (secondary N) is 1. The minimum Gasteiger partial charge on any atom is -0.309 e. The molecule has 1 atom stereocenters. The van der Waals surface area contributed by atoms with Crippen molar-refractivity contribution in [2.75, 3.05) is 12.3 Å². The molecule has 0 aliphatic carbocycles. The SMILES string of the molecule is CCCNC(CSc1cccc(Br)c1)c1ccccc1Cl. The molecule has 0 aliphatic heterocycles. The van der Waals surface area contributed by atoms with E-state index in [9.17, 15) is 0 Å². The molecule has 1 unspecified atom stereocenters. The number of hydrogen-bond donors (Lipinski definition) is 1. The van der Waals surface area contributed by atoms with E-state index in [2.05, 4.69) is 52.4 Å². The van der Waals surface area contributed by atoms with Crippen molar-refractivity contribution in [3.63, 3.8) is 0 Å². The molecule has 2 rings (SSSR count). The van der Waals surface area contributed by atoms with E-state index in [4.69, 9.17) is 11.6 Å². The van der Waals surface area contributed by atoms with Gasteiger partial charge in [0.15, 0.2) is 0 Å². The van der Waals surface area contributed by atoms with Crippen LogP contribution in [0, 0.1) is 0 Å². The molecule has 0 aliphatic rings. The van der Waals surface area contributed by atoms with Gasteiger partial charge in [-0.25, -0.2) is 0 Å². The quantitative estimate of drug-likeness (QED) is 0.593. The predicted octanol–water partition coefficient (Wildman–Crippen LogP) is 5.94. The third kappa shape index (κ3) is 5.33. The Hall–Kier alpha value is -0.480. The topological polar surface area (TPSA) is 12.0 Å². The van der Waals surface area contributed by atoms with Crippen LogP contribution in [0.5, 0.6) is 0 Å². The van der Waals surface area contributed by atoms with E-state index >= 15 is 0 Å². The highest BCUT2D eigenvalue weighted by Crippen LogP contribution is 2.29. The van der Waals surface area contributed by atoms with Crippen LogP contribution >= 0.6 is 39.3 Å². The molecule has 0 fully saturated rings. The van der Waals surface area contributed by atoms with Crippen molar-refractivity contribution in [1.82, 2.24) is 5.32 Å². The van der Waals surface area contributed by atoms with Crippen molar-refractivity contribution in [3.05, 3.63) is 63.6 Å². The van der Waals surface area contributed by atoms with Crippen LogP contribution in [0.3, 0.4) is 0 Å². The van der Waals surface area contributed by atoms with Gasteiger partial charge in [-0.2, -0.15) is 0 Å². The van der Waals surface area contributed by atoms with Gasteiger partial charge in [0.2, 0.25) is 0 Å². The van der Waals surface area contributed by atoms with Crippen LogP contribution < -0.4 is 5.32 Å². The summed E-state index contributed by atoms with van der Waals surface area (Å²) in [6.07, 6.45) is 1.11. The van der Waals surface area contributed by atoms with Gasteiger partial charge in [0.05, 0.1) is 0 Å². The molecule has 21 heavy (non-hydrogen) atoms. The lowest BCUT2D eigenvalue weighted by Crippen LogP contribution is -2.24. The molecule has 0 saturated carbocycles. The zero-order valence-corrected chi connectivity index (χ0v) is 15.1. The lowest BCUT2D eigenvalue weighted by molar-refractivity contribution is 0.577. The summed E-state index contributed by atoms with van der Waals surface area (Å²) >= 11 is 11.7. The smallest absolute Gasteiger partial charge is 0.0454 e. The van der Waals surface area contributed by atoms with Crippen LogP contribution in [0.4, 0.5) is 0 Å². The van der Waals surface area contributed by atoms with Crippen molar-refractivity contribution < 1.29 is 0 Å². The molecule has 0 spiro atoms. The Labute approximate surface area is 144 Å². The molecule has 112 valence electrons. The Balaban J connectivity index is 2.08. The van der Waals surface area contributed by atoms with Gasteiger partial charge in [-0.3, -0.25) is 0 Å². The number of halogens is 2. The number of hydrogen-bond acceptors (Lipinski definition) is 2. The van der Waals surface area contributed by atoms with Crippen molar-refractivity contribution >= 4 is 39.3 Å². The molecule has 0 heterocycles. The highest BCUT2D eigenvalue weighted by molar-refractivity contribution is 9.10. The summed E-state index contributed by atoms with van der Waals surface area (Å²) in [5, 5.41) is 4.43. The number of benzene rings is 2. The fraction of sp³-hybridized carbons (Fsp3) is 0.294. The largest absolute Gasteiger partial charge is 0.309 e. The lowest BCUT2D eigenvalue weighted by Gasteiger charge is -2.20. The summed E-state index contributed by atoms with van der Waals surface area (Å²) in [7, 11) is 0. The van der Waals surface area contributed by atoms with Crippen LogP contribution in [0.1, 0.15) is 24.9 Å². The standard InChI is InChI=1S/C17H19BrClNS/c1-2-10-20-17(15-8-3-4-9-16(15)19)12-21-14-7-5-6-13(18)11-14/h3-9,11,17,20H,2,10,12H2,1H3. The monoisotopic (exact) mass is 383 g/mol. The average molecular weight is 385 g/mol. The first-order valence-electron chi connectivity index (χ1n) is 7.07. The Morgan fingerprint density at radius 3 is 2.71 bits per heavy atom. The second-order valence-electron chi connectivity index (χ2n) is 4.80. The Bertz CT molecular complexity index is 576. The van der Waals surface area contributed by atoms with Crippen molar-refractivity contribution in [3.8, 4) is 0 Å². The fourth-order valence-corrected chi connectivity index (χ4v) is 3.93. The second kappa shape index (κ2) is 8.84. The van der Waals surface area contributed by atoms with Crippen molar-refractivity contribution in [2.45, 2.75) is 24.3 Å². The van der Waals surface area contributed by atoms with E-state index in [1.807, 2.05) is 36.0 Å². The van der Waals surface area contributed by atoms with E-state index in [0.29, 0.717) is 0 Å². The summed E-state index contributed by atoms with van der Waals surface area (Å²) < 4.78 is 1.11. The Morgan fingerprint density at radius 1 is 1.19 bits per heavy atom. The van der Waals surface area contributed by atoms with Gasteiger partial charge >= 0.3 is 0 Å². The first kappa shape index (κ1) is 16.9. The van der Waals surface area contributed by atoms with Gasteiger partial charge in [0, 0.05) is 26.2 Å². The number of thioether (sulfide) groups is 1. The molecule has 1 nitrogen and oxygen atoms in total. The van der Waals surface area contributed by atoms with E-state index < -0.39 is 0 Å². The summed E-state index contributed by atoms with van der Waals surface area (Å²) in [6, 6.07) is 16.8. The molecule has 1 N–H and O–H groups in total. The highest BCUT2D eigenvalue weighted by atomic mass is 79.9. The van der Waals surface area contributed by atoms with E-state index in [-0.39, 0.29) is 6.04 Å². The number of rotatable bonds is 7. The van der Waals surface area contributed by atoms with Crippen LogP contribution in [0.25, 0.3) is 0 Å². The molecular formula is C17H19BrClNS. The molecule has 4 heteroatoms. The first-order valence-corrected chi connectivity index (χ1v) is 9.22. The van der Waals surface area contributed by atoms with Crippen LogP contribution in [0.15, 0.2) is 57.9 Å². The van der Waals surface area contributed by atoms with Crippen LogP contribution in [-0.4, -0.2) is 12.3 Å². The van der Waals surface area contributed by atoms with Gasteiger partial charge in [0.25, 0.3) is 0 Å². The maximum absolute atomic E-state index is 6.35. The van der Waals surface area contributed by atoms with Gasteiger partial charge in [-0.15, -0.1) is 11.8 Å². The van der Waals surface area contributed by atoms with Gasteiger partial charge < -0.3 is 5.32 Å². The lowest BCUT2D eigenvalue weighted by atomic mass is 10.1. The molecular weight excluding hydrogens is 366 g/mol. The van der Waals surface area contributed by atoms with Crippen molar-refractivity contribution in [2.24, 2.45) is 0 Å². The maximum atomic E-state index is 6.35. The van der Waals surface area contributed by atoms with Gasteiger partial charge in [-0.1, -0.05) is 58.7 Å². The van der Waals surface area contributed by atoms with E-state index in [1.54, 1.807) is 0 Å². The molecule has 2 aromatic carbocycles. The predicted molar refractivity (Wildman–Crippen MR) is 97.4 cm³/mol. The average Bonchev–Trinajstić information content (AvgIpc) is 2.48.